The molecule has 1 N–H and O–H groups in total. The topological polar surface area (TPSA) is 71.3 Å². The number of rotatable bonds is 5. The van der Waals surface area contributed by atoms with E-state index in [1.807, 2.05) is 12.1 Å². The number of thiophene rings is 1. The van der Waals surface area contributed by atoms with Crippen LogP contribution in [0.5, 0.6) is 0 Å². The van der Waals surface area contributed by atoms with E-state index in [-0.39, 0.29) is 12.0 Å². The number of hydrogen-bond acceptors (Lipinski definition) is 5. The fraction of sp³-hybridized carbons (Fsp3) is 0.455. The number of hydrogen-bond donors (Lipinski definition) is 1. The predicted molar refractivity (Wildman–Crippen MR) is 110 cm³/mol. The van der Waals surface area contributed by atoms with Gasteiger partial charge in [-0.3, -0.25) is 4.79 Å². The van der Waals surface area contributed by atoms with Crippen LogP contribution in [0.2, 0.25) is 0 Å². The Morgan fingerprint density at radius 2 is 2.25 bits per heavy atom. The van der Waals surface area contributed by atoms with Gasteiger partial charge < -0.3 is 14.8 Å². The highest BCUT2D eigenvalue weighted by atomic mass is 32.1. The number of benzene rings is 1. The van der Waals surface area contributed by atoms with E-state index in [1.54, 1.807) is 6.92 Å². The Kier molecular flexibility index (Phi) is 5.77. The molecule has 0 radical (unpaired) electrons. The molecule has 5 nitrogen and oxygen atoms in total. The summed E-state index contributed by atoms with van der Waals surface area (Å²) in [6.07, 6.45) is 4.55. The molecule has 1 fully saturated rings. The first-order valence-electron chi connectivity index (χ1n) is 9.85. The van der Waals surface area contributed by atoms with Crippen molar-refractivity contribution in [3.05, 3.63) is 40.3 Å². The van der Waals surface area contributed by atoms with Crippen LogP contribution in [0, 0.1) is 11.3 Å². The predicted octanol–water partition coefficient (Wildman–Crippen LogP) is 4.30. The fourth-order valence-corrected chi connectivity index (χ4v) is 5.01. The lowest BCUT2D eigenvalue weighted by Gasteiger charge is -2.23. The Bertz CT molecular complexity index is 909. The summed E-state index contributed by atoms with van der Waals surface area (Å²) in [4.78, 5) is 13.8. The molecule has 0 saturated carbocycles. The molecule has 0 bridgehead atoms. The lowest BCUT2D eigenvalue weighted by Crippen LogP contribution is -2.32. The zero-order chi connectivity index (χ0) is 19.5. The second-order valence-corrected chi connectivity index (χ2v) is 8.43. The molecule has 28 heavy (non-hydrogen) atoms. The third kappa shape index (κ3) is 3.83. The minimum absolute atomic E-state index is 0.0734. The van der Waals surface area contributed by atoms with E-state index in [2.05, 4.69) is 23.5 Å². The van der Waals surface area contributed by atoms with Crippen molar-refractivity contribution in [2.75, 3.05) is 18.5 Å². The molecule has 2 unspecified atom stereocenters. The second-order valence-electron chi connectivity index (χ2n) is 7.33. The Hall–Kier alpha value is -2.20. The van der Waals surface area contributed by atoms with Crippen LogP contribution in [-0.2, 0) is 27.1 Å². The summed E-state index contributed by atoms with van der Waals surface area (Å²) in [5, 5.41) is 13.3. The molecule has 1 amide bonds. The van der Waals surface area contributed by atoms with Gasteiger partial charge in [-0.1, -0.05) is 24.3 Å². The van der Waals surface area contributed by atoms with Crippen molar-refractivity contribution in [3.8, 4) is 17.2 Å². The molecular formula is C22H24N2O3S. The monoisotopic (exact) mass is 396 g/mol. The molecule has 146 valence electrons. The van der Waals surface area contributed by atoms with Gasteiger partial charge in [-0.05, 0) is 50.2 Å². The van der Waals surface area contributed by atoms with Gasteiger partial charge in [-0.15, -0.1) is 11.3 Å². The molecule has 2 heterocycles. The zero-order valence-electron chi connectivity index (χ0n) is 16.0. The number of nitriles is 1. The molecule has 1 aliphatic carbocycles. The summed E-state index contributed by atoms with van der Waals surface area (Å²) >= 11 is 1.51. The lowest BCUT2D eigenvalue weighted by atomic mass is 9.88. The number of amides is 1. The number of ether oxygens (including phenoxy) is 2. The van der Waals surface area contributed by atoms with Crippen LogP contribution in [0.1, 0.15) is 42.2 Å². The Labute approximate surface area is 169 Å². The van der Waals surface area contributed by atoms with Crippen molar-refractivity contribution in [2.45, 2.75) is 51.2 Å². The van der Waals surface area contributed by atoms with E-state index in [9.17, 15) is 10.1 Å². The van der Waals surface area contributed by atoms with E-state index < -0.39 is 6.10 Å². The molecule has 1 aromatic heterocycles. The van der Waals surface area contributed by atoms with Crippen LogP contribution in [0.25, 0.3) is 11.1 Å². The summed E-state index contributed by atoms with van der Waals surface area (Å²) in [6.45, 7) is 2.93. The largest absolute Gasteiger partial charge is 0.376 e. The maximum atomic E-state index is 12.6. The van der Waals surface area contributed by atoms with Gasteiger partial charge >= 0.3 is 0 Å². The van der Waals surface area contributed by atoms with Crippen molar-refractivity contribution >= 4 is 22.2 Å². The first kappa shape index (κ1) is 19.1. The summed E-state index contributed by atoms with van der Waals surface area (Å²) < 4.78 is 11.4. The standard InChI is InChI=1S/C22H24N2O3S/c1-14(27-13-16-7-4-5-11-26-16)21(25)24-22-18(12-23)20-17-8-3-2-6-15(17)9-10-19(20)28-22/h2-3,6,8,14,16H,4-5,7,9-11,13H2,1H3,(H,24,25). The molecule has 0 spiro atoms. The molecule has 4 rings (SSSR count). The quantitative estimate of drug-likeness (QED) is 0.818. The SMILES string of the molecule is CC(OCC1CCCCO1)C(=O)Nc1sc2c(c1C#N)-c1ccccc1CC2. The van der Waals surface area contributed by atoms with Gasteiger partial charge in [0.1, 0.15) is 17.2 Å². The number of carbonyl (C=O) groups is 1. The van der Waals surface area contributed by atoms with Crippen molar-refractivity contribution in [1.82, 2.24) is 0 Å². The fourth-order valence-electron chi connectivity index (χ4n) is 3.84. The van der Waals surface area contributed by atoms with E-state index in [1.165, 1.54) is 16.9 Å². The molecule has 6 heteroatoms. The maximum absolute atomic E-state index is 12.6. The van der Waals surface area contributed by atoms with Gasteiger partial charge in [0.25, 0.3) is 5.91 Å². The minimum Gasteiger partial charge on any atom is -0.376 e. The van der Waals surface area contributed by atoms with Gasteiger partial charge in [0, 0.05) is 17.0 Å². The van der Waals surface area contributed by atoms with Crippen LogP contribution in [0.4, 0.5) is 5.00 Å². The van der Waals surface area contributed by atoms with Gasteiger partial charge in [0.2, 0.25) is 0 Å². The highest BCUT2D eigenvalue weighted by Gasteiger charge is 2.27. The molecule has 1 aromatic carbocycles. The number of fused-ring (bicyclic) bond motifs is 3. The highest BCUT2D eigenvalue weighted by Crippen LogP contribution is 2.44. The van der Waals surface area contributed by atoms with Gasteiger partial charge in [0.15, 0.2) is 0 Å². The molecule has 2 atom stereocenters. The van der Waals surface area contributed by atoms with Crippen molar-refractivity contribution < 1.29 is 14.3 Å². The molecule has 2 aliphatic rings. The Morgan fingerprint density at radius 1 is 1.39 bits per heavy atom. The number of anilines is 1. The van der Waals surface area contributed by atoms with Crippen molar-refractivity contribution in [1.29, 1.82) is 5.26 Å². The summed E-state index contributed by atoms with van der Waals surface area (Å²) in [5.41, 5.74) is 3.90. The van der Waals surface area contributed by atoms with Gasteiger partial charge in [0.05, 0.1) is 18.3 Å². The van der Waals surface area contributed by atoms with Crippen LogP contribution < -0.4 is 5.32 Å². The first-order chi connectivity index (χ1) is 13.7. The lowest BCUT2D eigenvalue weighted by molar-refractivity contribution is -0.130. The first-order valence-corrected chi connectivity index (χ1v) is 10.7. The van der Waals surface area contributed by atoms with Crippen LogP contribution in [0.3, 0.4) is 0 Å². The molecule has 1 aliphatic heterocycles. The molecule has 1 saturated heterocycles. The summed E-state index contributed by atoms with van der Waals surface area (Å²) in [5.74, 6) is -0.223. The minimum atomic E-state index is -0.594. The Balaban J connectivity index is 1.47. The number of nitrogens with one attached hydrogen (secondary N) is 1. The highest BCUT2D eigenvalue weighted by molar-refractivity contribution is 7.17. The maximum Gasteiger partial charge on any atom is 0.253 e. The van der Waals surface area contributed by atoms with E-state index in [4.69, 9.17) is 9.47 Å². The van der Waals surface area contributed by atoms with Gasteiger partial charge in [-0.25, -0.2) is 0 Å². The van der Waals surface area contributed by atoms with E-state index in [0.717, 1.165) is 54.7 Å². The Morgan fingerprint density at radius 3 is 3.04 bits per heavy atom. The van der Waals surface area contributed by atoms with Crippen LogP contribution >= 0.6 is 11.3 Å². The zero-order valence-corrected chi connectivity index (χ0v) is 16.8. The molecular weight excluding hydrogens is 372 g/mol. The average molecular weight is 397 g/mol. The van der Waals surface area contributed by atoms with Crippen LogP contribution in [-0.4, -0.2) is 31.3 Å². The number of aryl methyl sites for hydroxylation is 2. The van der Waals surface area contributed by atoms with E-state index >= 15 is 0 Å². The number of carbonyl (C=O) groups excluding carboxylic acids is 1. The normalized spacial score (nSPS) is 19.2. The number of nitrogens with zero attached hydrogens (tertiary/aromatic N) is 1. The smallest absolute Gasteiger partial charge is 0.253 e. The average Bonchev–Trinajstić information content (AvgIpc) is 3.10. The molecule has 2 aromatic rings. The van der Waals surface area contributed by atoms with Crippen molar-refractivity contribution in [2.24, 2.45) is 0 Å². The van der Waals surface area contributed by atoms with Crippen LogP contribution in [0.15, 0.2) is 24.3 Å². The van der Waals surface area contributed by atoms with Gasteiger partial charge in [-0.2, -0.15) is 5.26 Å². The van der Waals surface area contributed by atoms with Crippen molar-refractivity contribution in [3.63, 3.8) is 0 Å². The third-order valence-electron chi connectivity index (χ3n) is 5.41. The third-order valence-corrected chi connectivity index (χ3v) is 6.58. The van der Waals surface area contributed by atoms with E-state index in [0.29, 0.717) is 17.2 Å². The summed E-state index contributed by atoms with van der Waals surface area (Å²) in [7, 11) is 0. The second kappa shape index (κ2) is 8.44. The summed E-state index contributed by atoms with van der Waals surface area (Å²) in [6, 6.07) is 10.5.